The molecular weight excluding hydrogens is 298 g/mol. The molecule has 1 fully saturated rings. The molecule has 1 aromatic carbocycles. The maximum Gasteiger partial charge on any atom is 0.310 e. The van der Waals surface area contributed by atoms with Gasteiger partial charge in [0.25, 0.3) is 5.91 Å². The number of carbonyl (C=O) groups excluding carboxylic acids is 1. The standard InChI is InChI=1S/C17H23NO5/c1-11(17(20)21)13-5-3-6-14(9-13)18-16(19)12(2)23-10-15-7-4-8-22-15/h3,5-6,9,11-12,15H,4,7-8,10H2,1-2H3,(H,18,19)(H,20,21). The molecule has 6 heteroatoms. The minimum Gasteiger partial charge on any atom is -0.481 e. The Bertz CT molecular complexity index is 554. The van der Waals surface area contributed by atoms with Gasteiger partial charge in [0, 0.05) is 12.3 Å². The van der Waals surface area contributed by atoms with E-state index in [-0.39, 0.29) is 12.0 Å². The van der Waals surface area contributed by atoms with Gasteiger partial charge in [0.2, 0.25) is 0 Å². The summed E-state index contributed by atoms with van der Waals surface area (Å²) in [6.07, 6.45) is 1.47. The van der Waals surface area contributed by atoms with Crippen molar-refractivity contribution in [2.75, 3.05) is 18.5 Å². The van der Waals surface area contributed by atoms with E-state index in [1.807, 2.05) is 0 Å². The van der Waals surface area contributed by atoms with Gasteiger partial charge in [-0.05, 0) is 44.4 Å². The highest BCUT2D eigenvalue weighted by molar-refractivity contribution is 5.94. The Labute approximate surface area is 135 Å². The Morgan fingerprint density at radius 2 is 2.22 bits per heavy atom. The van der Waals surface area contributed by atoms with Crippen LogP contribution in [0.1, 0.15) is 38.2 Å². The van der Waals surface area contributed by atoms with Crippen molar-refractivity contribution in [2.24, 2.45) is 0 Å². The fraction of sp³-hybridized carbons (Fsp3) is 0.529. The van der Waals surface area contributed by atoms with Crippen LogP contribution < -0.4 is 5.32 Å². The van der Waals surface area contributed by atoms with E-state index in [1.165, 1.54) is 0 Å². The number of nitrogens with one attached hydrogen (secondary N) is 1. The zero-order chi connectivity index (χ0) is 16.8. The minimum atomic E-state index is -0.901. The first kappa shape index (κ1) is 17.4. The van der Waals surface area contributed by atoms with E-state index in [0.29, 0.717) is 17.9 Å². The van der Waals surface area contributed by atoms with Gasteiger partial charge in [-0.3, -0.25) is 9.59 Å². The summed E-state index contributed by atoms with van der Waals surface area (Å²) in [5.74, 6) is -1.79. The zero-order valence-corrected chi connectivity index (χ0v) is 13.5. The highest BCUT2D eigenvalue weighted by Gasteiger charge is 2.20. The zero-order valence-electron chi connectivity index (χ0n) is 13.5. The Kier molecular flexibility index (Phi) is 6.12. The number of rotatable bonds is 7. The lowest BCUT2D eigenvalue weighted by Crippen LogP contribution is -2.30. The summed E-state index contributed by atoms with van der Waals surface area (Å²) in [5.41, 5.74) is 1.20. The summed E-state index contributed by atoms with van der Waals surface area (Å²) < 4.78 is 11.0. The third-order valence-corrected chi connectivity index (χ3v) is 3.95. The lowest BCUT2D eigenvalue weighted by atomic mass is 10.0. The van der Waals surface area contributed by atoms with Crippen LogP contribution in [0.4, 0.5) is 5.69 Å². The van der Waals surface area contributed by atoms with Crippen LogP contribution in [0.3, 0.4) is 0 Å². The van der Waals surface area contributed by atoms with Crippen molar-refractivity contribution in [1.29, 1.82) is 0 Å². The molecule has 0 radical (unpaired) electrons. The van der Waals surface area contributed by atoms with Crippen molar-refractivity contribution in [2.45, 2.75) is 44.8 Å². The minimum absolute atomic E-state index is 0.0741. The molecule has 1 heterocycles. The molecule has 23 heavy (non-hydrogen) atoms. The maximum atomic E-state index is 12.1. The van der Waals surface area contributed by atoms with Gasteiger partial charge in [0.05, 0.1) is 18.6 Å². The van der Waals surface area contributed by atoms with Crippen LogP contribution in [-0.4, -0.2) is 42.4 Å². The van der Waals surface area contributed by atoms with Crippen LogP contribution in [0.5, 0.6) is 0 Å². The molecule has 1 aliphatic heterocycles. The average molecular weight is 321 g/mol. The first-order valence-electron chi connectivity index (χ1n) is 7.84. The second kappa shape index (κ2) is 8.08. The lowest BCUT2D eigenvalue weighted by Gasteiger charge is -2.16. The van der Waals surface area contributed by atoms with Crippen LogP contribution in [0.15, 0.2) is 24.3 Å². The summed E-state index contributed by atoms with van der Waals surface area (Å²) in [5, 5.41) is 11.8. The third kappa shape index (κ3) is 5.04. The second-order valence-electron chi connectivity index (χ2n) is 5.79. The van der Waals surface area contributed by atoms with Gasteiger partial charge >= 0.3 is 5.97 Å². The summed E-state index contributed by atoms with van der Waals surface area (Å²) in [6, 6.07) is 6.85. The van der Waals surface area contributed by atoms with Crippen molar-refractivity contribution in [3.63, 3.8) is 0 Å². The van der Waals surface area contributed by atoms with Crippen molar-refractivity contribution in [3.8, 4) is 0 Å². The lowest BCUT2D eigenvalue weighted by molar-refractivity contribution is -0.138. The molecule has 1 saturated heterocycles. The SMILES string of the molecule is CC(OCC1CCCO1)C(=O)Nc1cccc(C(C)C(=O)O)c1. The van der Waals surface area contributed by atoms with E-state index in [0.717, 1.165) is 19.4 Å². The predicted molar refractivity (Wildman–Crippen MR) is 85.5 cm³/mol. The molecule has 0 aromatic heterocycles. The molecule has 0 aliphatic carbocycles. The number of hydrogen-bond donors (Lipinski definition) is 2. The number of ether oxygens (including phenoxy) is 2. The largest absolute Gasteiger partial charge is 0.481 e. The van der Waals surface area contributed by atoms with Crippen LogP contribution in [0, 0.1) is 0 Å². The van der Waals surface area contributed by atoms with Crippen molar-refractivity contribution >= 4 is 17.6 Å². The molecular formula is C17H23NO5. The van der Waals surface area contributed by atoms with Gasteiger partial charge in [-0.15, -0.1) is 0 Å². The van der Waals surface area contributed by atoms with E-state index in [4.69, 9.17) is 14.6 Å². The molecule has 126 valence electrons. The molecule has 2 rings (SSSR count). The molecule has 3 atom stereocenters. The number of anilines is 1. The van der Waals surface area contributed by atoms with Gasteiger partial charge in [-0.1, -0.05) is 12.1 Å². The average Bonchev–Trinajstić information content (AvgIpc) is 3.05. The van der Waals surface area contributed by atoms with Gasteiger partial charge in [-0.2, -0.15) is 0 Å². The molecule has 1 aliphatic rings. The molecule has 0 bridgehead atoms. The summed E-state index contributed by atoms with van der Waals surface area (Å²) in [7, 11) is 0. The Morgan fingerprint density at radius 3 is 2.87 bits per heavy atom. The summed E-state index contributed by atoms with van der Waals surface area (Å²) >= 11 is 0. The first-order valence-corrected chi connectivity index (χ1v) is 7.84. The number of carboxylic acid groups (broad SMARTS) is 1. The number of benzene rings is 1. The van der Waals surface area contributed by atoms with Gasteiger partial charge in [-0.25, -0.2) is 0 Å². The van der Waals surface area contributed by atoms with E-state index in [2.05, 4.69) is 5.32 Å². The fourth-order valence-corrected chi connectivity index (χ4v) is 2.38. The fourth-order valence-electron chi connectivity index (χ4n) is 2.38. The Morgan fingerprint density at radius 1 is 1.43 bits per heavy atom. The van der Waals surface area contributed by atoms with Crippen LogP contribution in [0.2, 0.25) is 0 Å². The molecule has 6 nitrogen and oxygen atoms in total. The maximum absolute atomic E-state index is 12.1. The van der Waals surface area contributed by atoms with Gasteiger partial charge < -0.3 is 19.9 Å². The second-order valence-corrected chi connectivity index (χ2v) is 5.79. The van der Waals surface area contributed by atoms with E-state index in [1.54, 1.807) is 38.1 Å². The quantitative estimate of drug-likeness (QED) is 0.805. The Hall–Kier alpha value is -1.92. The third-order valence-electron chi connectivity index (χ3n) is 3.95. The predicted octanol–water partition coefficient (Wildman–Crippen LogP) is 2.40. The van der Waals surface area contributed by atoms with Crippen molar-refractivity contribution < 1.29 is 24.2 Å². The Balaban J connectivity index is 1.88. The van der Waals surface area contributed by atoms with Gasteiger partial charge in [0.1, 0.15) is 6.10 Å². The number of amides is 1. The molecule has 2 N–H and O–H groups in total. The smallest absolute Gasteiger partial charge is 0.310 e. The van der Waals surface area contributed by atoms with Crippen LogP contribution in [-0.2, 0) is 19.1 Å². The van der Waals surface area contributed by atoms with E-state index < -0.39 is 18.0 Å². The molecule has 1 amide bonds. The number of aliphatic carboxylic acids is 1. The number of carboxylic acids is 1. The summed E-state index contributed by atoms with van der Waals surface area (Å²) in [6.45, 7) is 4.46. The van der Waals surface area contributed by atoms with Gasteiger partial charge in [0.15, 0.2) is 0 Å². The highest BCUT2D eigenvalue weighted by Crippen LogP contribution is 2.20. The topological polar surface area (TPSA) is 84.9 Å². The molecule has 1 aromatic rings. The molecule has 3 unspecified atom stereocenters. The van der Waals surface area contributed by atoms with E-state index in [9.17, 15) is 9.59 Å². The van der Waals surface area contributed by atoms with Crippen LogP contribution in [0.25, 0.3) is 0 Å². The summed E-state index contributed by atoms with van der Waals surface area (Å²) in [4.78, 5) is 23.2. The highest BCUT2D eigenvalue weighted by atomic mass is 16.5. The van der Waals surface area contributed by atoms with Crippen molar-refractivity contribution in [1.82, 2.24) is 0 Å². The van der Waals surface area contributed by atoms with Crippen LogP contribution >= 0.6 is 0 Å². The monoisotopic (exact) mass is 321 g/mol. The molecule has 0 saturated carbocycles. The van der Waals surface area contributed by atoms with Crippen molar-refractivity contribution in [3.05, 3.63) is 29.8 Å². The molecule has 0 spiro atoms. The number of carbonyl (C=O) groups is 2. The normalized spacial score (nSPS) is 20.0. The number of hydrogen-bond acceptors (Lipinski definition) is 4. The first-order chi connectivity index (χ1) is 11.0. The van der Waals surface area contributed by atoms with E-state index >= 15 is 0 Å².